The number of nitrogens with one attached hydrogen (secondary N) is 4. The first-order valence-corrected chi connectivity index (χ1v) is 9.79. The van der Waals surface area contributed by atoms with Gasteiger partial charge >= 0.3 is 0 Å². The van der Waals surface area contributed by atoms with Gasteiger partial charge in [-0.25, -0.2) is 0 Å². The maximum absolute atomic E-state index is 12.7. The van der Waals surface area contributed by atoms with Crippen LogP contribution >= 0.6 is 0 Å². The molecule has 0 heterocycles. The molecule has 0 unspecified atom stereocenters. The highest BCUT2D eigenvalue weighted by Gasteiger charge is 2.12. The van der Waals surface area contributed by atoms with E-state index in [-0.39, 0.29) is 24.3 Å². The van der Waals surface area contributed by atoms with Crippen LogP contribution in [0.25, 0.3) is 0 Å². The van der Waals surface area contributed by atoms with E-state index in [4.69, 9.17) is 0 Å². The highest BCUT2D eigenvalue weighted by Crippen LogP contribution is 2.18. The standard InChI is InChI=1S/C24H24N4O3/c1-16-7-9-20(10-8-16)28-24(31)21-5-3-4-6-22(21)25-15-23(30)27-19-13-11-18(12-14-19)26-17(2)29/h3-14,25H,15H2,1-2H3,(H,26,29)(H,27,30)(H,28,31). The molecule has 3 rings (SSSR count). The molecule has 7 nitrogen and oxygen atoms in total. The van der Waals surface area contributed by atoms with E-state index in [0.717, 1.165) is 5.56 Å². The fourth-order valence-corrected chi connectivity index (χ4v) is 2.89. The average molecular weight is 416 g/mol. The van der Waals surface area contributed by atoms with Crippen LogP contribution in [0.2, 0.25) is 0 Å². The monoisotopic (exact) mass is 416 g/mol. The minimum absolute atomic E-state index is 0.0116. The summed E-state index contributed by atoms with van der Waals surface area (Å²) in [6.45, 7) is 3.40. The molecular formula is C24H24N4O3. The van der Waals surface area contributed by atoms with Gasteiger partial charge in [0.15, 0.2) is 0 Å². The summed E-state index contributed by atoms with van der Waals surface area (Å²) in [7, 11) is 0. The first-order chi connectivity index (χ1) is 14.9. The van der Waals surface area contributed by atoms with Gasteiger partial charge in [0.2, 0.25) is 11.8 Å². The van der Waals surface area contributed by atoms with Crippen LogP contribution in [0.1, 0.15) is 22.8 Å². The van der Waals surface area contributed by atoms with Crippen LogP contribution in [0, 0.1) is 6.92 Å². The summed E-state index contributed by atoms with van der Waals surface area (Å²) in [5.41, 5.74) is 4.06. The van der Waals surface area contributed by atoms with E-state index in [2.05, 4.69) is 21.3 Å². The Morgan fingerprint density at radius 3 is 1.90 bits per heavy atom. The minimum Gasteiger partial charge on any atom is -0.376 e. The summed E-state index contributed by atoms with van der Waals surface area (Å²) < 4.78 is 0. The quantitative estimate of drug-likeness (QED) is 0.463. The number of aryl methyl sites for hydroxylation is 1. The van der Waals surface area contributed by atoms with Crippen molar-refractivity contribution >= 4 is 40.5 Å². The molecule has 0 atom stereocenters. The zero-order chi connectivity index (χ0) is 22.2. The lowest BCUT2D eigenvalue weighted by Gasteiger charge is -2.13. The molecule has 3 amide bonds. The third-order valence-electron chi connectivity index (χ3n) is 4.41. The Hall–Kier alpha value is -4.13. The lowest BCUT2D eigenvalue weighted by molar-refractivity contribution is -0.115. The third-order valence-corrected chi connectivity index (χ3v) is 4.41. The average Bonchev–Trinajstić information content (AvgIpc) is 2.75. The Kier molecular flexibility index (Phi) is 7.01. The molecule has 0 aliphatic carbocycles. The predicted molar refractivity (Wildman–Crippen MR) is 123 cm³/mol. The molecule has 0 fully saturated rings. The summed E-state index contributed by atoms with van der Waals surface area (Å²) in [5, 5.41) is 11.3. The molecule has 0 bridgehead atoms. The minimum atomic E-state index is -0.263. The maximum Gasteiger partial charge on any atom is 0.257 e. The Morgan fingerprint density at radius 2 is 1.26 bits per heavy atom. The molecule has 0 spiro atoms. The summed E-state index contributed by atoms with van der Waals surface area (Å²) in [5.74, 6) is -0.687. The zero-order valence-corrected chi connectivity index (χ0v) is 17.4. The van der Waals surface area contributed by atoms with Crippen molar-refractivity contribution in [1.29, 1.82) is 0 Å². The van der Waals surface area contributed by atoms with Crippen molar-refractivity contribution in [2.45, 2.75) is 13.8 Å². The second kappa shape index (κ2) is 10.1. The van der Waals surface area contributed by atoms with Crippen molar-refractivity contribution in [2.24, 2.45) is 0 Å². The molecule has 0 aliphatic heterocycles. The molecule has 7 heteroatoms. The van der Waals surface area contributed by atoms with E-state index in [1.54, 1.807) is 48.5 Å². The van der Waals surface area contributed by atoms with E-state index < -0.39 is 0 Å². The number of carbonyl (C=O) groups excluding carboxylic acids is 3. The molecule has 0 aliphatic rings. The summed E-state index contributed by atoms with van der Waals surface area (Å²) >= 11 is 0. The number of hydrogen-bond acceptors (Lipinski definition) is 4. The predicted octanol–water partition coefficient (Wildman–Crippen LogP) is 4.26. The van der Waals surface area contributed by atoms with E-state index in [1.165, 1.54) is 6.92 Å². The lowest BCUT2D eigenvalue weighted by Crippen LogP contribution is -2.23. The van der Waals surface area contributed by atoms with Crippen LogP contribution < -0.4 is 21.3 Å². The van der Waals surface area contributed by atoms with E-state index in [0.29, 0.717) is 28.3 Å². The van der Waals surface area contributed by atoms with Gasteiger partial charge in [-0.1, -0.05) is 29.8 Å². The fraction of sp³-hybridized carbons (Fsp3) is 0.125. The van der Waals surface area contributed by atoms with Crippen LogP contribution in [0.3, 0.4) is 0 Å². The number of para-hydroxylation sites is 1. The SMILES string of the molecule is CC(=O)Nc1ccc(NC(=O)CNc2ccccc2C(=O)Nc2ccc(C)cc2)cc1. The summed E-state index contributed by atoms with van der Waals surface area (Å²) in [4.78, 5) is 36.1. The Morgan fingerprint density at radius 1 is 0.710 bits per heavy atom. The Balaban J connectivity index is 1.59. The van der Waals surface area contributed by atoms with Gasteiger partial charge in [-0.15, -0.1) is 0 Å². The topological polar surface area (TPSA) is 99.3 Å². The van der Waals surface area contributed by atoms with Crippen LogP contribution in [0.5, 0.6) is 0 Å². The van der Waals surface area contributed by atoms with Gasteiger partial charge in [0.25, 0.3) is 5.91 Å². The normalized spacial score (nSPS) is 10.1. The molecule has 4 N–H and O–H groups in total. The van der Waals surface area contributed by atoms with E-state index in [1.807, 2.05) is 31.2 Å². The number of benzene rings is 3. The lowest BCUT2D eigenvalue weighted by atomic mass is 10.1. The van der Waals surface area contributed by atoms with Crippen LogP contribution in [0.4, 0.5) is 22.7 Å². The largest absolute Gasteiger partial charge is 0.376 e. The second-order valence-electron chi connectivity index (χ2n) is 7.03. The molecular weight excluding hydrogens is 392 g/mol. The number of hydrogen-bond donors (Lipinski definition) is 4. The molecule has 0 saturated heterocycles. The van der Waals surface area contributed by atoms with Crippen molar-refractivity contribution in [3.8, 4) is 0 Å². The highest BCUT2D eigenvalue weighted by molar-refractivity contribution is 6.08. The van der Waals surface area contributed by atoms with Crippen molar-refractivity contribution in [1.82, 2.24) is 0 Å². The van der Waals surface area contributed by atoms with E-state index >= 15 is 0 Å². The number of amides is 3. The first kappa shape index (κ1) is 21.6. The molecule has 0 saturated carbocycles. The highest BCUT2D eigenvalue weighted by atomic mass is 16.2. The van der Waals surface area contributed by atoms with Crippen LogP contribution in [0.15, 0.2) is 72.8 Å². The second-order valence-corrected chi connectivity index (χ2v) is 7.03. The summed E-state index contributed by atoms with van der Waals surface area (Å²) in [6, 6.07) is 21.4. The number of anilines is 4. The number of rotatable bonds is 7. The van der Waals surface area contributed by atoms with Gasteiger partial charge in [-0.3, -0.25) is 14.4 Å². The molecule has 158 valence electrons. The number of carbonyl (C=O) groups is 3. The van der Waals surface area contributed by atoms with Crippen molar-refractivity contribution in [3.63, 3.8) is 0 Å². The molecule has 3 aromatic carbocycles. The van der Waals surface area contributed by atoms with Gasteiger partial charge in [0.1, 0.15) is 0 Å². The molecule has 31 heavy (non-hydrogen) atoms. The van der Waals surface area contributed by atoms with Gasteiger partial charge in [-0.05, 0) is 55.5 Å². The smallest absolute Gasteiger partial charge is 0.257 e. The van der Waals surface area contributed by atoms with Gasteiger partial charge < -0.3 is 21.3 Å². The Bertz CT molecular complexity index is 1080. The fourth-order valence-electron chi connectivity index (χ4n) is 2.89. The first-order valence-electron chi connectivity index (χ1n) is 9.79. The third kappa shape index (κ3) is 6.43. The molecule has 0 radical (unpaired) electrons. The molecule has 0 aromatic heterocycles. The van der Waals surface area contributed by atoms with Gasteiger partial charge in [0, 0.05) is 29.7 Å². The van der Waals surface area contributed by atoms with Crippen molar-refractivity contribution < 1.29 is 14.4 Å². The van der Waals surface area contributed by atoms with Crippen molar-refractivity contribution in [2.75, 3.05) is 27.8 Å². The van der Waals surface area contributed by atoms with Gasteiger partial charge in [-0.2, -0.15) is 0 Å². The molecule has 3 aromatic rings. The van der Waals surface area contributed by atoms with Crippen LogP contribution in [-0.4, -0.2) is 24.3 Å². The van der Waals surface area contributed by atoms with Crippen LogP contribution in [-0.2, 0) is 9.59 Å². The van der Waals surface area contributed by atoms with E-state index in [9.17, 15) is 14.4 Å². The zero-order valence-electron chi connectivity index (χ0n) is 17.4. The summed E-state index contributed by atoms with van der Waals surface area (Å²) in [6.07, 6.45) is 0. The van der Waals surface area contributed by atoms with Crippen molar-refractivity contribution in [3.05, 3.63) is 83.9 Å². The van der Waals surface area contributed by atoms with Gasteiger partial charge in [0.05, 0.1) is 12.1 Å². The maximum atomic E-state index is 12.7. The Labute approximate surface area is 180 Å².